The van der Waals surface area contributed by atoms with Crippen LogP contribution in [0.1, 0.15) is 19.4 Å². The van der Waals surface area contributed by atoms with E-state index in [0.29, 0.717) is 17.1 Å². The summed E-state index contributed by atoms with van der Waals surface area (Å²) in [7, 11) is 0. The first-order valence-electron chi connectivity index (χ1n) is 9.97. The number of aryl methyl sites for hydroxylation is 1. The van der Waals surface area contributed by atoms with Crippen LogP contribution in [-0.2, 0) is 0 Å². The van der Waals surface area contributed by atoms with E-state index in [1.54, 1.807) is 6.07 Å². The fraction of sp³-hybridized carbons (Fsp3) is 0.292. The number of anilines is 1. The minimum atomic E-state index is -0.890. The average molecular weight is 408 g/mol. The highest BCUT2D eigenvalue weighted by atomic mass is 16.5. The lowest BCUT2D eigenvalue weighted by molar-refractivity contribution is 0.105. The molecule has 0 aliphatic rings. The third-order valence-electron chi connectivity index (χ3n) is 4.54. The number of phenols is 1. The van der Waals surface area contributed by atoms with Crippen LogP contribution in [0.3, 0.4) is 0 Å². The molecule has 0 bridgehead atoms. The molecule has 30 heavy (non-hydrogen) atoms. The van der Waals surface area contributed by atoms with Gasteiger partial charge in [0.15, 0.2) is 0 Å². The Labute approximate surface area is 176 Å². The number of aromatic hydroxyl groups is 1. The summed E-state index contributed by atoms with van der Waals surface area (Å²) in [6, 6.07) is 16.9. The van der Waals surface area contributed by atoms with Crippen molar-refractivity contribution in [1.82, 2.24) is 4.98 Å². The highest BCUT2D eigenvalue weighted by molar-refractivity contribution is 5.76. The number of aromatic nitrogens is 1. The summed E-state index contributed by atoms with van der Waals surface area (Å²) in [5.74, 6) is 1.48. The summed E-state index contributed by atoms with van der Waals surface area (Å²) in [5.41, 5.74) is 4.11. The van der Waals surface area contributed by atoms with Crippen LogP contribution in [0.2, 0.25) is 0 Å². The molecule has 2 aromatic carbocycles. The second-order valence-corrected chi connectivity index (χ2v) is 7.56. The highest BCUT2D eigenvalue weighted by Crippen LogP contribution is 2.33. The van der Waals surface area contributed by atoms with E-state index in [2.05, 4.69) is 10.3 Å². The standard InChI is InChI=1S/C24H28N2O4/c1-15(2)30-20-7-5-17(6-8-20)18-11-22(21-10-16(3)4-9-23(21)29)26-24(12-18)25-13-19(28)14-27/h4-12,15,19,27-29H,13-14H2,1-3H3,(H,25,26). The maximum absolute atomic E-state index is 10.4. The molecule has 3 rings (SSSR count). The highest BCUT2D eigenvalue weighted by Gasteiger charge is 2.12. The number of hydrogen-bond donors (Lipinski definition) is 4. The zero-order valence-corrected chi connectivity index (χ0v) is 17.5. The Morgan fingerprint density at radius 3 is 2.40 bits per heavy atom. The number of aliphatic hydroxyl groups excluding tert-OH is 2. The average Bonchev–Trinajstić information content (AvgIpc) is 2.73. The van der Waals surface area contributed by atoms with Gasteiger partial charge in [0.1, 0.15) is 17.3 Å². The van der Waals surface area contributed by atoms with Crippen molar-refractivity contribution in [3.8, 4) is 33.9 Å². The monoisotopic (exact) mass is 408 g/mol. The summed E-state index contributed by atoms with van der Waals surface area (Å²) >= 11 is 0. The van der Waals surface area contributed by atoms with Gasteiger partial charge in [-0.15, -0.1) is 0 Å². The first-order valence-corrected chi connectivity index (χ1v) is 9.97. The van der Waals surface area contributed by atoms with Crippen LogP contribution in [0.4, 0.5) is 5.82 Å². The zero-order chi connectivity index (χ0) is 21.7. The number of hydrogen-bond acceptors (Lipinski definition) is 6. The summed E-state index contributed by atoms with van der Waals surface area (Å²) in [6.45, 7) is 5.74. The third-order valence-corrected chi connectivity index (χ3v) is 4.54. The SMILES string of the molecule is Cc1ccc(O)c(-c2cc(-c3ccc(OC(C)C)cc3)cc(NCC(O)CO)n2)c1. The van der Waals surface area contributed by atoms with Crippen molar-refractivity contribution in [1.29, 1.82) is 0 Å². The lowest BCUT2D eigenvalue weighted by atomic mass is 10.0. The van der Waals surface area contributed by atoms with Gasteiger partial charge in [0.2, 0.25) is 0 Å². The molecule has 1 atom stereocenters. The molecule has 0 aliphatic heterocycles. The predicted octanol–water partition coefficient (Wildman–Crippen LogP) is 3.98. The molecule has 3 aromatic rings. The lowest BCUT2D eigenvalue weighted by Gasteiger charge is -2.15. The number of pyridine rings is 1. The first kappa shape index (κ1) is 21.6. The number of ether oxygens (including phenoxy) is 1. The van der Waals surface area contributed by atoms with Crippen molar-refractivity contribution in [2.45, 2.75) is 33.0 Å². The van der Waals surface area contributed by atoms with E-state index in [9.17, 15) is 10.2 Å². The van der Waals surface area contributed by atoms with Crippen LogP contribution >= 0.6 is 0 Å². The van der Waals surface area contributed by atoms with Crippen LogP contribution < -0.4 is 10.1 Å². The van der Waals surface area contributed by atoms with Gasteiger partial charge in [0, 0.05) is 12.1 Å². The molecule has 6 nitrogen and oxygen atoms in total. The van der Waals surface area contributed by atoms with Gasteiger partial charge < -0.3 is 25.4 Å². The van der Waals surface area contributed by atoms with Crippen molar-refractivity contribution in [3.63, 3.8) is 0 Å². The van der Waals surface area contributed by atoms with E-state index < -0.39 is 6.10 Å². The predicted molar refractivity (Wildman–Crippen MR) is 119 cm³/mol. The summed E-state index contributed by atoms with van der Waals surface area (Å²) < 4.78 is 5.72. The Hall–Kier alpha value is -3.09. The van der Waals surface area contributed by atoms with E-state index in [0.717, 1.165) is 22.4 Å². The molecule has 1 aromatic heterocycles. The summed E-state index contributed by atoms with van der Waals surface area (Å²) in [4.78, 5) is 4.61. The molecule has 0 amide bonds. The minimum Gasteiger partial charge on any atom is -0.507 e. The number of benzene rings is 2. The largest absolute Gasteiger partial charge is 0.507 e. The number of phenolic OH excluding ortho intramolecular Hbond substituents is 1. The summed E-state index contributed by atoms with van der Waals surface area (Å²) in [6.07, 6.45) is -0.792. The van der Waals surface area contributed by atoms with Gasteiger partial charge in [-0.1, -0.05) is 23.8 Å². The van der Waals surface area contributed by atoms with E-state index in [-0.39, 0.29) is 25.0 Å². The molecule has 1 heterocycles. The van der Waals surface area contributed by atoms with Crippen molar-refractivity contribution < 1.29 is 20.1 Å². The Morgan fingerprint density at radius 1 is 1.00 bits per heavy atom. The lowest BCUT2D eigenvalue weighted by Crippen LogP contribution is -2.23. The van der Waals surface area contributed by atoms with Gasteiger partial charge in [0.05, 0.1) is 24.5 Å². The van der Waals surface area contributed by atoms with Gasteiger partial charge in [-0.3, -0.25) is 0 Å². The maximum Gasteiger partial charge on any atom is 0.127 e. The van der Waals surface area contributed by atoms with Gasteiger partial charge in [-0.2, -0.15) is 0 Å². The number of aliphatic hydroxyl groups is 2. The van der Waals surface area contributed by atoms with E-state index in [4.69, 9.17) is 9.84 Å². The zero-order valence-electron chi connectivity index (χ0n) is 17.5. The van der Waals surface area contributed by atoms with Gasteiger partial charge in [-0.25, -0.2) is 4.98 Å². The maximum atomic E-state index is 10.4. The summed E-state index contributed by atoms with van der Waals surface area (Å²) in [5, 5.41) is 32.2. The second-order valence-electron chi connectivity index (χ2n) is 7.56. The van der Waals surface area contributed by atoms with Crippen LogP contribution in [0, 0.1) is 6.92 Å². The Bertz CT molecular complexity index is 987. The molecular weight excluding hydrogens is 380 g/mol. The van der Waals surface area contributed by atoms with Gasteiger partial charge in [0.25, 0.3) is 0 Å². The van der Waals surface area contributed by atoms with Crippen molar-refractivity contribution >= 4 is 5.82 Å². The Kier molecular flexibility index (Phi) is 6.92. The van der Waals surface area contributed by atoms with E-state index in [1.807, 2.05) is 69.3 Å². The molecule has 0 saturated carbocycles. The quantitative estimate of drug-likeness (QED) is 0.450. The molecule has 0 fully saturated rings. The van der Waals surface area contributed by atoms with Crippen LogP contribution in [-0.4, -0.2) is 45.7 Å². The normalized spacial score (nSPS) is 12.1. The minimum absolute atomic E-state index is 0.0985. The number of nitrogens with one attached hydrogen (secondary N) is 1. The van der Waals surface area contributed by atoms with E-state index in [1.165, 1.54) is 0 Å². The molecule has 1 unspecified atom stereocenters. The molecular formula is C24H28N2O4. The second kappa shape index (κ2) is 9.61. The first-order chi connectivity index (χ1) is 14.4. The molecule has 0 radical (unpaired) electrons. The van der Waals surface area contributed by atoms with Gasteiger partial charge in [-0.05, 0) is 68.3 Å². The molecule has 158 valence electrons. The van der Waals surface area contributed by atoms with Crippen molar-refractivity contribution in [3.05, 3.63) is 60.2 Å². The molecule has 6 heteroatoms. The van der Waals surface area contributed by atoms with E-state index >= 15 is 0 Å². The smallest absolute Gasteiger partial charge is 0.127 e. The molecule has 4 N–H and O–H groups in total. The topological polar surface area (TPSA) is 94.8 Å². The fourth-order valence-electron chi connectivity index (χ4n) is 3.07. The van der Waals surface area contributed by atoms with Crippen LogP contribution in [0.15, 0.2) is 54.6 Å². The molecule has 0 spiro atoms. The van der Waals surface area contributed by atoms with Crippen molar-refractivity contribution in [2.24, 2.45) is 0 Å². The Morgan fingerprint density at radius 2 is 1.73 bits per heavy atom. The molecule has 0 aliphatic carbocycles. The number of nitrogens with zero attached hydrogens (tertiary/aromatic N) is 1. The van der Waals surface area contributed by atoms with Crippen LogP contribution in [0.25, 0.3) is 22.4 Å². The van der Waals surface area contributed by atoms with Crippen molar-refractivity contribution in [2.75, 3.05) is 18.5 Å². The molecule has 0 saturated heterocycles. The van der Waals surface area contributed by atoms with Gasteiger partial charge >= 0.3 is 0 Å². The van der Waals surface area contributed by atoms with Crippen LogP contribution in [0.5, 0.6) is 11.5 Å². The third kappa shape index (κ3) is 5.49. The fourth-order valence-corrected chi connectivity index (χ4v) is 3.07. The number of rotatable bonds is 8. The Balaban J connectivity index is 2.02.